The highest BCUT2D eigenvalue weighted by Crippen LogP contribution is 2.30. The van der Waals surface area contributed by atoms with Crippen LogP contribution < -0.4 is 0 Å². The highest BCUT2D eigenvalue weighted by atomic mass is 32.1. The first kappa shape index (κ1) is 12.5. The van der Waals surface area contributed by atoms with Gasteiger partial charge in [-0.15, -0.1) is 10.2 Å². The first-order valence-corrected chi connectivity index (χ1v) is 7.74. The largest absolute Gasteiger partial charge is 0.453 e. The summed E-state index contributed by atoms with van der Waals surface area (Å²) in [4.78, 5) is 0.677. The van der Waals surface area contributed by atoms with Crippen molar-refractivity contribution in [3.05, 3.63) is 42.2 Å². The Kier molecular flexibility index (Phi) is 2.45. The minimum Gasteiger partial charge on any atom is -0.453 e. The number of fused-ring (bicyclic) bond motifs is 2. The minimum absolute atomic E-state index is 0.568. The molecule has 0 saturated heterocycles. The van der Waals surface area contributed by atoms with Gasteiger partial charge in [0.25, 0.3) is 0 Å². The van der Waals surface area contributed by atoms with Crippen LogP contribution in [0.1, 0.15) is 5.76 Å². The van der Waals surface area contributed by atoms with Gasteiger partial charge in [-0.25, -0.2) is 0 Å². The van der Waals surface area contributed by atoms with Crippen molar-refractivity contribution >= 4 is 27.3 Å². The van der Waals surface area contributed by atoms with E-state index >= 15 is 0 Å². The highest BCUT2D eigenvalue weighted by molar-refractivity contribution is 7.19. The number of nitrogens with zero attached hydrogens (tertiary/aromatic N) is 5. The van der Waals surface area contributed by atoms with Gasteiger partial charge in [0, 0.05) is 11.5 Å². The van der Waals surface area contributed by atoms with Crippen molar-refractivity contribution < 1.29 is 8.94 Å². The lowest BCUT2D eigenvalue weighted by atomic mass is 10.2. The van der Waals surface area contributed by atoms with Crippen molar-refractivity contribution in [2.45, 2.75) is 6.92 Å². The van der Waals surface area contributed by atoms with Gasteiger partial charge in [0.15, 0.2) is 10.8 Å². The molecule has 5 rings (SSSR count). The van der Waals surface area contributed by atoms with E-state index in [9.17, 15) is 0 Å². The fraction of sp³-hybridized carbons (Fsp3) is 0.0667. The Morgan fingerprint density at radius 1 is 1.13 bits per heavy atom. The van der Waals surface area contributed by atoms with Crippen LogP contribution in [0.5, 0.6) is 0 Å². The number of hydrogen-bond donors (Lipinski definition) is 0. The Bertz CT molecular complexity index is 1120. The van der Waals surface area contributed by atoms with Gasteiger partial charge in [0.05, 0.1) is 0 Å². The third-order valence-corrected chi connectivity index (χ3v) is 4.41. The molecule has 112 valence electrons. The SMILES string of the molecule is Cc1cc(-c2nn3c(-c4cc5ccccc5o4)nnc3s2)no1. The van der Waals surface area contributed by atoms with E-state index in [0.29, 0.717) is 22.2 Å². The van der Waals surface area contributed by atoms with Crippen molar-refractivity contribution in [2.75, 3.05) is 0 Å². The number of aryl methyl sites for hydroxylation is 1. The molecular weight excluding hydrogens is 314 g/mol. The van der Waals surface area contributed by atoms with Gasteiger partial charge < -0.3 is 8.94 Å². The van der Waals surface area contributed by atoms with E-state index in [2.05, 4.69) is 20.5 Å². The van der Waals surface area contributed by atoms with Crippen molar-refractivity contribution in [1.29, 1.82) is 0 Å². The Morgan fingerprint density at radius 2 is 2.04 bits per heavy atom. The third kappa shape index (κ3) is 1.88. The van der Waals surface area contributed by atoms with E-state index < -0.39 is 0 Å². The summed E-state index contributed by atoms with van der Waals surface area (Å²) in [6, 6.07) is 11.6. The molecule has 23 heavy (non-hydrogen) atoms. The van der Waals surface area contributed by atoms with Gasteiger partial charge >= 0.3 is 0 Å². The summed E-state index contributed by atoms with van der Waals surface area (Å²) in [5, 5.41) is 18.6. The van der Waals surface area contributed by atoms with Crippen LogP contribution in [0, 0.1) is 6.92 Å². The number of rotatable bonds is 2. The van der Waals surface area contributed by atoms with Crippen molar-refractivity contribution in [3.8, 4) is 22.3 Å². The van der Waals surface area contributed by atoms with Gasteiger partial charge in [-0.3, -0.25) is 0 Å². The molecule has 0 spiro atoms. The van der Waals surface area contributed by atoms with Gasteiger partial charge in [0.1, 0.15) is 17.0 Å². The van der Waals surface area contributed by atoms with Crippen LogP contribution in [0.25, 0.3) is 38.2 Å². The molecule has 8 heteroatoms. The lowest BCUT2D eigenvalue weighted by Gasteiger charge is -1.90. The zero-order valence-corrected chi connectivity index (χ0v) is 12.7. The van der Waals surface area contributed by atoms with Crippen LogP contribution in [0.3, 0.4) is 0 Å². The molecule has 0 bridgehead atoms. The van der Waals surface area contributed by atoms with Crippen molar-refractivity contribution in [3.63, 3.8) is 0 Å². The maximum Gasteiger partial charge on any atom is 0.235 e. The molecule has 5 aromatic rings. The lowest BCUT2D eigenvalue weighted by molar-refractivity contribution is 0.399. The summed E-state index contributed by atoms with van der Waals surface area (Å²) < 4.78 is 12.6. The lowest BCUT2D eigenvalue weighted by Crippen LogP contribution is -1.89. The number of para-hydroxylation sites is 1. The minimum atomic E-state index is 0.568. The van der Waals surface area contributed by atoms with Gasteiger partial charge in [-0.1, -0.05) is 34.7 Å². The van der Waals surface area contributed by atoms with Crippen LogP contribution in [-0.4, -0.2) is 25.0 Å². The van der Waals surface area contributed by atoms with E-state index in [1.807, 2.05) is 43.3 Å². The summed E-state index contributed by atoms with van der Waals surface area (Å²) in [5.74, 6) is 1.94. The van der Waals surface area contributed by atoms with E-state index in [0.717, 1.165) is 21.7 Å². The average molecular weight is 323 g/mol. The Balaban J connectivity index is 1.68. The van der Waals surface area contributed by atoms with E-state index in [1.54, 1.807) is 4.52 Å². The third-order valence-electron chi connectivity index (χ3n) is 3.48. The Morgan fingerprint density at radius 3 is 2.87 bits per heavy atom. The Hall–Kier alpha value is -3.00. The van der Waals surface area contributed by atoms with Gasteiger partial charge in [0.2, 0.25) is 10.8 Å². The van der Waals surface area contributed by atoms with Crippen molar-refractivity contribution in [2.24, 2.45) is 0 Å². The molecule has 0 unspecified atom stereocenters. The van der Waals surface area contributed by atoms with Crippen LogP contribution in [0.2, 0.25) is 0 Å². The van der Waals surface area contributed by atoms with Gasteiger partial charge in [-0.05, 0) is 19.1 Å². The number of furan rings is 1. The number of benzene rings is 1. The smallest absolute Gasteiger partial charge is 0.235 e. The molecule has 1 aromatic carbocycles. The highest BCUT2D eigenvalue weighted by Gasteiger charge is 2.18. The number of hydrogen-bond acceptors (Lipinski definition) is 7. The molecule has 0 aliphatic heterocycles. The molecule has 0 radical (unpaired) electrons. The van der Waals surface area contributed by atoms with Gasteiger partial charge in [-0.2, -0.15) is 9.61 Å². The maximum atomic E-state index is 5.85. The molecule has 4 heterocycles. The standard InChI is InChI=1S/C15H9N5O2S/c1-8-6-10(19-22-8)14-18-20-13(16-17-15(20)23-14)12-7-9-4-2-3-5-11(9)21-12/h2-7H,1H3. The van der Waals surface area contributed by atoms with Crippen LogP contribution >= 0.6 is 11.3 Å². The predicted molar refractivity (Wildman–Crippen MR) is 84.1 cm³/mol. The molecule has 0 fully saturated rings. The molecule has 0 saturated carbocycles. The monoisotopic (exact) mass is 323 g/mol. The second-order valence-corrected chi connectivity index (χ2v) is 6.05. The molecule has 0 aliphatic carbocycles. The Labute approximate surface area is 133 Å². The van der Waals surface area contributed by atoms with Crippen molar-refractivity contribution in [1.82, 2.24) is 25.0 Å². The second kappa shape index (κ2) is 4.50. The van der Waals surface area contributed by atoms with E-state index in [4.69, 9.17) is 8.94 Å². The first-order chi connectivity index (χ1) is 11.3. The number of aromatic nitrogens is 5. The van der Waals surface area contributed by atoms with Crippen LogP contribution in [0.15, 0.2) is 45.3 Å². The second-order valence-electron chi connectivity index (χ2n) is 5.10. The molecule has 0 amide bonds. The molecule has 0 atom stereocenters. The first-order valence-electron chi connectivity index (χ1n) is 6.93. The fourth-order valence-electron chi connectivity index (χ4n) is 2.43. The summed E-state index contributed by atoms with van der Waals surface area (Å²) >= 11 is 1.40. The zero-order chi connectivity index (χ0) is 15.4. The topological polar surface area (TPSA) is 82.2 Å². The molecular formula is C15H9N5O2S. The normalized spacial score (nSPS) is 11.7. The average Bonchev–Trinajstić information content (AvgIpc) is 3.28. The van der Waals surface area contributed by atoms with E-state index in [1.165, 1.54) is 11.3 Å². The van der Waals surface area contributed by atoms with Crippen LogP contribution in [0.4, 0.5) is 0 Å². The summed E-state index contributed by atoms with van der Waals surface area (Å²) in [6.07, 6.45) is 0. The maximum absolute atomic E-state index is 5.85. The molecule has 4 aromatic heterocycles. The summed E-state index contributed by atoms with van der Waals surface area (Å²) in [5.41, 5.74) is 1.50. The van der Waals surface area contributed by atoms with Crippen LogP contribution in [-0.2, 0) is 0 Å². The zero-order valence-electron chi connectivity index (χ0n) is 11.9. The van der Waals surface area contributed by atoms with E-state index in [-0.39, 0.29) is 0 Å². The fourth-order valence-corrected chi connectivity index (χ4v) is 3.22. The quantitative estimate of drug-likeness (QED) is 0.494. The summed E-state index contributed by atoms with van der Waals surface area (Å²) in [7, 11) is 0. The molecule has 0 aliphatic rings. The molecule has 0 N–H and O–H groups in total. The summed E-state index contributed by atoms with van der Waals surface area (Å²) in [6.45, 7) is 1.84. The molecule has 7 nitrogen and oxygen atoms in total. The predicted octanol–water partition coefficient (Wildman–Crippen LogP) is 3.56.